The van der Waals surface area contributed by atoms with Gasteiger partial charge in [-0.15, -0.1) is 0 Å². The van der Waals surface area contributed by atoms with Crippen LogP contribution in [-0.2, 0) is 20.2 Å². The number of nitrogens with two attached hydrogens (primary N) is 1. The summed E-state index contributed by atoms with van der Waals surface area (Å²) in [7, 11) is -8.28. The van der Waals surface area contributed by atoms with E-state index in [1.165, 1.54) is 0 Å². The molecule has 0 radical (unpaired) electrons. The molecule has 0 unspecified atom stereocenters. The topological polar surface area (TPSA) is 144 Å². The Kier molecular flexibility index (Phi) is 3.34. The lowest BCUT2D eigenvalue weighted by Crippen LogP contribution is -2.08. The van der Waals surface area contributed by atoms with Gasteiger partial charge in [0.05, 0.1) is 17.7 Å². The van der Waals surface area contributed by atoms with Crippen molar-refractivity contribution in [1.29, 1.82) is 0 Å². The largest absolute Gasteiger partial charge is 0.493 e. The van der Waals surface area contributed by atoms with E-state index in [-0.39, 0.29) is 5.69 Å². The van der Waals surface area contributed by atoms with Crippen LogP contribution in [0.5, 0.6) is 5.75 Å². The predicted octanol–water partition coefficient (Wildman–Crippen LogP) is -0.229. The molecule has 0 aliphatic carbocycles. The Labute approximate surface area is 97.5 Å². The lowest BCUT2D eigenvalue weighted by Gasteiger charge is -2.10. The van der Waals surface area contributed by atoms with Crippen LogP contribution in [-0.4, -0.2) is 33.1 Å². The maximum atomic E-state index is 11.0. The number of hydrogen-bond acceptors (Lipinski definition) is 6. The number of rotatable bonds is 3. The van der Waals surface area contributed by atoms with E-state index in [0.29, 0.717) is 6.07 Å². The Morgan fingerprint density at radius 2 is 1.65 bits per heavy atom. The SMILES string of the molecule is COc1c(N)cc(S(=O)(=O)O)cc1S(=O)(=O)O. The van der Waals surface area contributed by atoms with Crippen molar-refractivity contribution in [1.82, 2.24) is 0 Å². The van der Waals surface area contributed by atoms with E-state index in [1.54, 1.807) is 0 Å². The highest BCUT2D eigenvalue weighted by molar-refractivity contribution is 7.86. The lowest BCUT2D eigenvalue weighted by molar-refractivity contribution is 0.399. The summed E-state index contributed by atoms with van der Waals surface area (Å²) in [4.78, 5) is -1.60. The number of anilines is 1. The molecule has 0 aliphatic heterocycles. The summed E-state index contributed by atoms with van der Waals surface area (Å²) in [5.74, 6) is -0.403. The van der Waals surface area contributed by atoms with E-state index in [4.69, 9.17) is 14.8 Å². The van der Waals surface area contributed by atoms with E-state index >= 15 is 0 Å². The smallest absolute Gasteiger partial charge is 0.298 e. The standard InChI is InChI=1S/C7H9NO7S2/c1-15-7-5(8)2-4(16(9,10)11)3-6(7)17(12,13)14/h2-3H,8H2,1H3,(H,9,10,11)(H,12,13,14). The molecular weight excluding hydrogens is 274 g/mol. The average Bonchev–Trinajstić information content (AvgIpc) is 2.13. The van der Waals surface area contributed by atoms with Gasteiger partial charge in [-0.2, -0.15) is 16.8 Å². The fraction of sp³-hybridized carbons (Fsp3) is 0.143. The van der Waals surface area contributed by atoms with Gasteiger partial charge >= 0.3 is 0 Å². The van der Waals surface area contributed by atoms with Crippen LogP contribution in [0.15, 0.2) is 21.9 Å². The minimum Gasteiger partial charge on any atom is -0.493 e. The third kappa shape index (κ3) is 2.85. The second kappa shape index (κ2) is 4.14. The molecule has 0 heterocycles. The summed E-state index contributed by atoms with van der Waals surface area (Å²) in [5.41, 5.74) is 5.00. The van der Waals surface area contributed by atoms with Crippen molar-refractivity contribution in [3.63, 3.8) is 0 Å². The fourth-order valence-electron chi connectivity index (χ4n) is 1.16. The molecule has 0 spiro atoms. The summed E-state index contributed by atoms with van der Waals surface area (Å²) < 4.78 is 65.9. The number of nitrogen functional groups attached to an aromatic ring is 1. The van der Waals surface area contributed by atoms with E-state index < -0.39 is 35.8 Å². The molecular formula is C7H9NO7S2. The maximum Gasteiger partial charge on any atom is 0.298 e. The van der Waals surface area contributed by atoms with Gasteiger partial charge in [-0.3, -0.25) is 9.11 Å². The monoisotopic (exact) mass is 283 g/mol. The molecule has 96 valence electrons. The van der Waals surface area contributed by atoms with Crippen molar-refractivity contribution in [3.8, 4) is 5.75 Å². The van der Waals surface area contributed by atoms with Gasteiger partial charge in [0.2, 0.25) is 0 Å². The molecule has 0 saturated carbocycles. The third-order valence-electron chi connectivity index (χ3n) is 1.84. The normalized spacial score (nSPS) is 12.4. The maximum absolute atomic E-state index is 11.0. The zero-order valence-electron chi connectivity index (χ0n) is 8.48. The van der Waals surface area contributed by atoms with Crippen LogP contribution in [0.1, 0.15) is 0 Å². The van der Waals surface area contributed by atoms with Crippen molar-refractivity contribution in [3.05, 3.63) is 12.1 Å². The quantitative estimate of drug-likeness (QED) is 0.509. The first kappa shape index (κ1) is 13.7. The predicted molar refractivity (Wildman–Crippen MR) is 57.0 cm³/mol. The van der Waals surface area contributed by atoms with Crippen LogP contribution >= 0.6 is 0 Å². The number of hydrogen-bond donors (Lipinski definition) is 3. The molecule has 10 heteroatoms. The molecule has 0 bridgehead atoms. The molecule has 0 amide bonds. The molecule has 0 fully saturated rings. The average molecular weight is 283 g/mol. The Morgan fingerprint density at radius 1 is 1.12 bits per heavy atom. The first-order valence-electron chi connectivity index (χ1n) is 4.00. The molecule has 1 aromatic carbocycles. The third-order valence-corrected chi connectivity index (χ3v) is 3.53. The highest BCUT2D eigenvalue weighted by atomic mass is 32.2. The Morgan fingerprint density at radius 3 is 2.00 bits per heavy atom. The van der Waals surface area contributed by atoms with Gasteiger partial charge in [0, 0.05) is 0 Å². The van der Waals surface area contributed by atoms with E-state index in [2.05, 4.69) is 4.74 Å². The van der Waals surface area contributed by atoms with Crippen molar-refractivity contribution in [2.24, 2.45) is 0 Å². The van der Waals surface area contributed by atoms with Gasteiger partial charge in [-0.1, -0.05) is 0 Å². The summed E-state index contributed by atoms with van der Waals surface area (Å²) >= 11 is 0. The Bertz CT molecular complexity index is 647. The van der Waals surface area contributed by atoms with Crippen molar-refractivity contribution < 1.29 is 30.7 Å². The Balaban J connectivity index is 3.75. The van der Waals surface area contributed by atoms with E-state index in [9.17, 15) is 16.8 Å². The second-order valence-corrected chi connectivity index (χ2v) is 5.81. The molecule has 0 atom stereocenters. The van der Waals surface area contributed by atoms with Crippen molar-refractivity contribution in [2.75, 3.05) is 12.8 Å². The highest BCUT2D eigenvalue weighted by Crippen LogP contribution is 2.32. The minimum absolute atomic E-state index is 0.352. The van der Waals surface area contributed by atoms with Crippen molar-refractivity contribution >= 4 is 25.9 Å². The van der Waals surface area contributed by atoms with Crippen molar-refractivity contribution in [2.45, 2.75) is 9.79 Å². The van der Waals surface area contributed by atoms with Crippen LogP contribution in [0, 0.1) is 0 Å². The number of methoxy groups -OCH3 is 1. The molecule has 8 nitrogen and oxygen atoms in total. The summed E-state index contributed by atoms with van der Waals surface area (Å²) in [5, 5.41) is 0. The zero-order chi connectivity index (χ0) is 13.4. The highest BCUT2D eigenvalue weighted by Gasteiger charge is 2.23. The molecule has 4 N–H and O–H groups in total. The van der Waals surface area contributed by atoms with Crippen LogP contribution in [0.4, 0.5) is 5.69 Å². The van der Waals surface area contributed by atoms with E-state index in [0.717, 1.165) is 13.2 Å². The van der Waals surface area contributed by atoms with Gasteiger partial charge in [-0.25, -0.2) is 0 Å². The fourth-order valence-corrected chi connectivity index (χ4v) is 2.49. The van der Waals surface area contributed by atoms with Gasteiger partial charge < -0.3 is 10.5 Å². The first-order valence-corrected chi connectivity index (χ1v) is 6.88. The molecule has 1 aromatic rings. The summed E-state index contributed by atoms with van der Waals surface area (Å²) in [6.45, 7) is 0. The molecule has 1 rings (SSSR count). The van der Waals surface area contributed by atoms with E-state index in [1.807, 2.05) is 0 Å². The number of ether oxygens (including phenoxy) is 1. The zero-order valence-corrected chi connectivity index (χ0v) is 10.1. The first-order chi connectivity index (χ1) is 7.57. The summed E-state index contributed by atoms with van der Waals surface area (Å²) in [6, 6.07) is 1.35. The second-order valence-electron chi connectivity index (χ2n) is 2.99. The Hall–Kier alpha value is -1.36. The van der Waals surface area contributed by atoms with Crippen LogP contribution in [0.3, 0.4) is 0 Å². The van der Waals surface area contributed by atoms with Gasteiger partial charge in [0.1, 0.15) is 4.90 Å². The molecule has 0 aromatic heterocycles. The molecule has 0 saturated heterocycles. The summed E-state index contributed by atoms with van der Waals surface area (Å²) in [6.07, 6.45) is 0. The number of benzene rings is 1. The van der Waals surface area contributed by atoms with Gasteiger partial charge in [0.25, 0.3) is 20.2 Å². The molecule has 17 heavy (non-hydrogen) atoms. The van der Waals surface area contributed by atoms with Gasteiger partial charge in [-0.05, 0) is 12.1 Å². The van der Waals surface area contributed by atoms with Gasteiger partial charge in [0.15, 0.2) is 5.75 Å². The minimum atomic E-state index is -4.73. The lowest BCUT2D eigenvalue weighted by atomic mass is 10.3. The molecule has 0 aliphatic rings. The van der Waals surface area contributed by atoms with Crippen LogP contribution in [0.2, 0.25) is 0 Å². The van der Waals surface area contributed by atoms with Crippen LogP contribution in [0.25, 0.3) is 0 Å². The van der Waals surface area contributed by atoms with Crippen LogP contribution < -0.4 is 10.5 Å².